The van der Waals surface area contributed by atoms with Crippen molar-refractivity contribution in [3.05, 3.63) is 58.7 Å². The lowest BCUT2D eigenvalue weighted by atomic mass is 9.85. The van der Waals surface area contributed by atoms with E-state index < -0.39 is 11.8 Å². The van der Waals surface area contributed by atoms with Gasteiger partial charge in [-0.15, -0.1) is 36.4 Å². The number of nitrogens with one attached hydrogen (secondary N) is 2. The summed E-state index contributed by atoms with van der Waals surface area (Å²) in [7, 11) is 0. The lowest BCUT2D eigenvalue weighted by Crippen LogP contribution is -2.22. The van der Waals surface area contributed by atoms with Gasteiger partial charge in [-0.05, 0) is 78.3 Å². The van der Waals surface area contributed by atoms with Crippen molar-refractivity contribution in [2.24, 2.45) is 38.8 Å². The van der Waals surface area contributed by atoms with E-state index in [4.69, 9.17) is 32.4 Å². The standard InChI is InChI=1S/C41H60N8O4S2.C3H8.2C2H6.C2H2/c1-10-14-24(5)25(6)26-17-31(37(55-16-15-42)32(18-26)49-40(44)45)47-38(50)28-21-29(35(53-12-3)22-34(28)52-11-2)39(51)48-33-20-27(41(7,8)9)19-30(46-23-43)36(33)54-13-4;1-3-2;3*1-2/h17-25H,10-16,42H2,1-9H3,(H2,43,46)(H,47,50)(H,48,51)(H4,44,45,49);3H2,1-2H3;2*1-2H3;1-2H. The van der Waals surface area contributed by atoms with Crippen LogP contribution in [0, 0.1) is 18.8 Å². The summed E-state index contributed by atoms with van der Waals surface area (Å²) in [4.78, 5) is 39.2. The average Bonchev–Trinajstić information content (AvgIpc) is 3.26. The number of amides is 2. The second kappa shape index (κ2) is 33.6. The fourth-order valence-electron chi connectivity index (χ4n) is 6.02. The van der Waals surface area contributed by atoms with Crippen LogP contribution < -0.4 is 43.0 Å². The summed E-state index contributed by atoms with van der Waals surface area (Å²) in [6, 6.07) is 11.0. The molecule has 2 unspecified atom stereocenters. The first kappa shape index (κ1) is 61.2. The van der Waals surface area contributed by atoms with E-state index in [9.17, 15) is 9.59 Å². The number of nitrogens with two attached hydrogens (primary N) is 4. The van der Waals surface area contributed by atoms with Crippen molar-refractivity contribution in [2.45, 2.75) is 144 Å². The molecule has 0 aromatic heterocycles. The molecule has 2 atom stereocenters. The van der Waals surface area contributed by atoms with Crippen LogP contribution in [0.25, 0.3) is 0 Å². The van der Waals surface area contributed by atoms with E-state index in [0.717, 1.165) is 34.6 Å². The van der Waals surface area contributed by atoms with Gasteiger partial charge in [0.1, 0.15) is 11.5 Å². The Morgan fingerprint density at radius 2 is 1.28 bits per heavy atom. The van der Waals surface area contributed by atoms with Crippen molar-refractivity contribution in [1.82, 2.24) is 0 Å². The van der Waals surface area contributed by atoms with E-state index >= 15 is 0 Å². The molecule has 0 fully saturated rings. The highest BCUT2D eigenvalue weighted by Gasteiger charge is 2.26. The second-order valence-corrected chi connectivity index (χ2v) is 17.2. The molecular formula is C50H82N8O4S2. The molecule has 14 heteroatoms. The molecule has 12 nitrogen and oxygen atoms in total. The maximum Gasteiger partial charge on any atom is 0.259 e. The molecule has 0 aliphatic rings. The Bertz CT molecular complexity index is 1920. The number of hydrogen-bond acceptors (Lipinski definition) is 9. The van der Waals surface area contributed by atoms with Gasteiger partial charge < -0.3 is 43.0 Å². The van der Waals surface area contributed by atoms with Crippen LogP contribution in [0.15, 0.2) is 56.2 Å². The van der Waals surface area contributed by atoms with Gasteiger partial charge in [-0.25, -0.2) is 9.98 Å². The van der Waals surface area contributed by atoms with Crippen LogP contribution in [0.2, 0.25) is 0 Å². The van der Waals surface area contributed by atoms with Crippen molar-refractivity contribution in [3.8, 4) is 24.3 Å². The fraction of sp³-hybridized carbons (Fsp3) is 0.520. The number of aliphatic imine (C=N–C) groups is 2. The van der Waals surface area contributed by atoms with Crippen molar-refractivity contribution in [2.75, 3.05) is 41.9 Å². The minimum atomic E-state index is -0.492. The lowest BCUT2D eigenvalue weighted by molar-refractivity contribution is 0.102. The number of nitrogens with zero attached hydrogens (tertiary/aromatic N) is 2. The van der Waals surface area contributed by atoms with Gasteiger partial charge in [-0.3, -0.25) is 9.59 Å². The molecule has 3 aromatic rings. The molecule has 0 heterocycles. The Balaban J connectivity index is 0. The zero-order valence-electron chi connectivity index (χ0n) is 41.7. The van der Waals surface area contributed by atoms with Crippen LogP contribution in [0.3, 0.4) is 0 Å². The molecule has 0 radical (unpaired) electrons. The summed E-state index contributed by atoms with van der Waals surface area (Å²) in [5, 5.41) is 6.23. The van der Waals surface area contributed by atoms with E-state index in [1.165, 1.54) is 30.6 Å². The SMILES string of the molecule is C#C.CC.CC.CCC.CCCC(C)C(C)c1cc(N=C(N)N)c(SCCN)c(NC(=O)c2cc(C(=O)Nc3cc(C(C)(C)C)cc(N=CN)c3SCC)c(OCC)cc2OCC)c1. The molecule has 10 N–H and O–H groups in total. The number of rotatable bonds is 19. The van der Waals surface area contributed by atoms with Gasteiger partial charge in [0.15, 0.2) is 5.96 Å². The molecule has 0 spiro atoms. The lowest BCUT2D eigenvalue weighted by Gasteiger charge is -2.24. The summed E-state index contributed by atoms with van der Waals surface area (Å²) in [6.07, 6.45) is 12.6. The summed E-state index contributed by atoms with van der Waals surface area (Å²) < 4.78 is 12.0. The summed E-state index contributed by atoms with van der Waals surface area (Å²) in [5.74, 6) is 1.26. The Hall–Kier alpha value is -4.84. The highest BCUT2D eigenvalue weighted by atomic mass is 32.2. The highest BCUT2D eigenvalue weighted by Crippen LogP contribution is 2.43. The quantitative estimate of drug-likeness (QED) is 0.0290. The molecule has 3 aromatic carbocycles. The van der Waals surface area contributed by atoms with Gasteiger partial charge in [-0.2, -0.15) is 0 Å². The monoisotopic (exact) mass is 923 g/mol. The summed E-state index contributed by atoms with van der Waals surface area (Å²) in [5.41, 5.74) is 27.7. The number of hydrogen-bond donors (Lipinski definition) is 6. The van der Waals surface area contributed by atoms with Crippen molar-refractivity contribution in [3.63, 3.8) is 0 Å². The minimum absolute atomic E-state index is 0.102. The number of thioether (sulfide) groups is 2. The molecule has 64 heavy (non-hydrogen) atoms. The normalized spacial score (nSPS) is 11.3. The maximum absolute atomic E-state index is 14.5. The Labute approximate surface area is 395 Å². The number of terminal acetylenes is 1. The Morgan fingerprint density at radius 3 is 1.70 bits per heavy atom. The first-order valence-corrected chi connectivity index (χ1v) is 24.6. The van der Waals surface area contributed by atoms with Crippen LogP contribution in [0.5, 0.6) is 11.5 Å². The maximum atomic E-state index is 14.5. The molecule has 0 saturated heterocycles. The molecule has 3 rings (SSSR count). The third kappa shape index (κ3) is 19.5. The first-order valence-electron chi connectivity index (χ1n) is 22.6. The number of carbonyl (C=O) groups is 2. The number of anilines is 2. The molecular weight excluding hydrogens is 841 g/mol. The average molecular weight is 923 g/mol. The molecule has 0 bridgehead atoms. The molecule has 0 aliphatic carbocycles. The van der Waals surface area contributed by atoms with E-state index in [-0.39, 0.29) is 53.1 Å². The van der Waals surface area contributed by atoms with Crippen LogP contribution in [0.4, 0.5) is 22.7 Å². The van der Waals surface area contributed by atoms with Gasteiger partial charge in [0.2, 0.25) is 0 Å². The van der Waals surface area contributed by atoms with Crippen LogP contribution in [-0.2, 0) is 5.41 Å². The largest absolute Gasteiger partial charge is 0.493 e. The van der Waals surface area contributed by atoms with E-state index in [1.54, 1.807) is 17.8 Å². The van der Waals surface area contributed by atoms with Gasteiger partial charge >= 0.3 is 0 Å². The number of carbonyl (C=O) groups excluding carboxylic acids is 2. The third-order valence-corrected chi connectivity index (χ3v) is 11.1. The van der Waals surface area contributed by atoms with Gasteiger partial charge in [0, 0.05) is 18.4 Å². The minimum Gasteiger partial charge on any atom is -0.493 e. The van der Waals surface area contributed by atoms with Crippen molar-refractivity contribution in [1.29, 1.82) is 0 Å². The second-order valence-electron chi connectivity index (χ2n) is 14.8. The molecule has 358 valence electrons. The predicted molar refractivity (Wildman–Crippen MR) is 281 cm³/mol. The van der Waals surface area contributed by atoms with Crippen LogP contribution in [-0.4, -0.2) is 55.4 Å². The Morgan fingerprint density at radius 1 is 0.781 bits per heavy atom. The first-order chi connectivity index (χ1) is 30.5. The van der Waals surface area contributed by atoms with Gasteiger partial charge in [0.05, 0.1) is 63.2 Å². The van der Waals surface area contributed by atoms with E-state index in [0.29, 0.717) is 45.9 Å². The van der Waals surface area contributed by atoms with Gasteiger partial charge in [-0.1, -0.05) is 109 Å². The predicted octanol–water partition coefficient (Wildman–Crippen LogP) is 12.2. The van der Waals surface area contributed by atoms with Crippen molar-refractivity contribution >= 4 is 70.4 Å². The number of benzene rings is 3. The zero-order chi connectivity index (χ0) is 49.6. The summed E-state index contributed by atoms with van der Waals surface area (Å²) >= 11 is 2.99. The third-order valence-electron chi connectivity index (χ3n) is 8.93. The number of ether oxygens (including phenoxy) is 2. The van der Waals surface area contributed by atoms with E-state index in [1.807, 2.05) is 72.7 Å². The molecule has 2 amide bonds. The van der Waals surface area contributed by atoms with Crippen LogP contribution in [0.1, 0.15) is 161 Å². The van der Waals surface area contributed by atoms with Crippen molar-refractivity contribution < 1.29 is 19.1 Å². The topological polar surface area (TPSA) is 205 Å². The number of guanidine groups is 1. The van der Waals surface area contributed by atoms with Crippen LogP contribution >= 0.6 is 23.5 Å². The molecule has 0 aliphatic heterocycles. The smallest absolute Gasteiger partial charge is 0.259 e. The van der Waals surface area contributed by atoms with Gasteiger partial charge in [0.25, 0.3) is 11.8 Å². The molecule has 0 saturated carbocycles. The van der Waals surface area contributed by atoms with E-state index in [2.05, 4.69) is 88.9 Å². The zero-order valence-corrected chi connectivity index (χ0v) is 43.3. The Kier molecular flexibility index (Phi) is 32.2. The highest BCUT2D eigenvalue weighted by molar-refractivity contribution is 7.99. The fourth-order valence-corrected chi connectivity index (χ4v) is 7.67. The summed E-state index contributed by atoms with van der Waals surface area (Å²) in [6.45, 7) is 31.7.